The van der Waals surface area contributed by atoms with Crippen molar-refractivity contribution < 1.29 is 34.0 Å². The van der Waals surface area contributed by atoms with Gasteiger partial charge in [-0.3, -0.25) is 19.5 Å². The van der Waals surface area contributed by atoms with Gasteiger partial charge in [-0.15, -0.1) is 6.58 Å². The summed E-state index contributed by atoms with van der Waals surface area (Å²) in [5, 5.41) is 35.4. The van der Waals surface area contributed by atoms with Gasteiger partial charge < -0.3 is 34.8 Å². The third kappa shape index (κ3) is 9.18. The summed E-state index contributed by atoms with van der Waals surface area (Å²) in [4.78, 5) is 47.4. The third-order valence-corrected chi connectivity index (χ3v) is 12.4. The van der Waals surface area contributed by atoms with Crippen LogP contribution in [0, 0.1) is 17.7 Å². The Hall–Kier alpha value is -6.22. The summed E-state index contributed by atoms with van der Waals surface area (Å²) in [6.45, 7) is 12.8. The van der Waals surface area contributed by atoms with E-state index in [0.717, 1.165) is 77.2 Å². The highest BCUT2D eigenvalue weighted by molar-refractivity contribution is 5.92. The van der Waals surface area contributed by atoms with Crippen LogP contribution in [0.4, 0.5) is 10.2 Å². The maximum Gasteiger partial charge on any atom is 0.341 e. The molecule has 13 nitrogen and oxygen atoms in total. The fourth-order valence-corrected chi connectivity index (χ4v) is 8.84. The summed E-state index contributed by atoms with van der Waals surface area (Å²) in [5.74, 6) is -0.964. The van der Waals surface area contributed by atoms with E-state index in [4.69, 9.17) is 14.9 Å². The number of ether oxygens (including phenoxy) is 1. The number of benzene rings is 3. The summed E-state index contributed by atoms with van der Waals surface area (Å²) >= 11 is 0. The van der Waals surface area contributed by atoms with Crippen molar-refractivity contribution in [3.05, 3.63) is 131 Å². The molecule has 0 aliphatic carbocycles. The van der Waals surface area contributed by atoms with E-state index in [1.54, 1.807) is 18.6 Å². The molecule has 4 aliphatic rings. The van der Waals surface area contributed by atoms with E-state index in [1.807, 2.05) is 78.7 Å². The number of aliphatic hydroxyl groups excluding tert-OH is 1. The largest absolute Gasteiger partial charge is 0.497 e. The molecule has 6 atom stereocenters. The second kappa shape index (κ2) is 19.2. The van der Waals surface area contributed by atoms with Crippen LogP contribution in [-0.2, 0) is 11.3 Å². The van der Waals surface area contributed by atoms with Crippen molar-refractivity contribution in [1.29, 1.82) is 0 Å². The van der Waals surface area contributed by atoms with Crippen LogP contribution in [0.5, 0.6) is 5.75 Å². The zero-order valence-corrected chi connectivity index (χ0v) is 35.2. The smallest absolute Gasteiger partial charge is 0.341 e. The van der Waals surface area contributed by atoms with E-state index in [-0.39, 0.29) is 22.8 Å². The number of nitrogens with one attached hydrogen (secondary N) is 1. The number of piperazine rings is 1. The molecule has 0 radical (unpaired) electrons. The number of aromatic nitrogens is 3. The highest BCUT2D eigenvalue weighted by Crippen LogP contribution is 2.42. The number of pyridine rings is 3. The first-order chi connectivity index (χ1) is 29.9. The molecule has 4 aliphatic heterocycles. The summed E-state index contributed by atoms with van der Waals surface area (Å²) in [5.41, 5.74) is 2.00. The number of hydrogen-bond acceptors (Lipinski definition) is 10. The average Bonchev–Trinajstić information content (AvgIpc) is 3.31. The number of aryl methyl sites for hydroxylation is 1. The molecule has 10 rings (SSSR count). The first kappa shape index (κ1) is 43.9. The zero-order chi connectivity index (χ0) is 44.1. The number of hydrogen-bond donors (Lipinski definition) is 4. The van der Waals surface area contributed by atoms with Crippen LogP contribution < -0.4 is 20.4 Å². The van der Waals surface area contributed by atoms with Gasteiger partial charge in [0.05, 0.1) is 30.0 Å². The zero-order valence-electron chi connectivity index (χ0n) is 35.2. The molecule has 62 heavy (non-hydrogen) atoms. The second-order valence-corrected chi connectivity index (χ2v) is 16.0. The van der Waals surface area contributed by atoms with Gasteiger partial charge in [-0.25, -0.2) is 14.2 Å². The highest BCUT2D eigenvalue weighted by atomic mass is 19.1. The summed E-state index contributed by atoms with van der Waals surface area (Å²) in [6.07, 6.45) is 7.03. The number of fused-ring (bicyclic) bond motifs is 6. The van der Waals surface area contributed by atoms with E-state index in [9.17, 15) is 23.9 Å². The molecule has 0 amide bonds. The lowest BCUT2D eigenvalue weighted by atomic mass is 9.73. The van der Waals surface area contributed by atoms with Crippen molar-refractivity contribution in [1.82, 2.24) is 24.8 Å². The Balaban J connectivity index is 0.000000142. The molecule has 0 spiro atoms. The van der Waals surface area contributed by atoms with E-state index in [2.05, 4.69) is 38.9 Å². The Morgan fingerprint density at radius 2 is 1.76 bits per heavy atom. The van der Waals surface area contributed by atoms with Gasteiger partial charge in [-0.05, 0) is 97.3 Å². The molecule has 3 aromatic carbocycles. The van der Waals surface area contributed by atoms with Crippen LogP contribution in [0.1, 0.15) is 60.2 Å². The minimum Gasteiger partial charge on any atom is -0.497 e. The van der Waals surface area contributed by atoms with E-state index in [0.29, 0.717) is 37.1 Å². The number of anilines is 1. The van der Waals surface area contributed by atoms with Gasteiger partial charge in [-0.2, -0.15) is 0 Å². The van der Waals surface area contributed by atoms with Crippen LogP contribution in [0.15, 0.2) is 103 Å². The predicted molar refractivity (Wildman–Crippen MR) is 239 cm³/mol. The maximum atomic E-state index is 14.4. The van der Waals surface area contributed by atoms with Crippen LogP contribution in [-0.4, -0.2) is 99.1 Å². The van der Waals surface area contributed by atoms with Crippen molar-refractivity contribution in [3.63, 3.8) is 0 Å². The number of aromatic carboxylic acids is 1. The Morgan fingerprint density at radius 3 is 2.44 bits per heavy atom. The summed E-state index contributed by atoms with van der Waals surface area (Å²) in [7, 11) is 1.63. The fourth-order valence-electron chi connectivity index (χ4n) is 8.84. The Kier molecular flexibility index (Phi) is 13.6. The SMILES string of the molecule is C=C[C@H]1CN2CC[C@H]1C[C@@H]2[C@@H](O)c1ccnc2ccccc12.CCn1cc(C(=O)O)c(=O)c2cc(F)c(N3CCNCC3)nc21.COc1ccc2cc([C@H](C)C(=O)O)ccc2c1. The lowest BCUT2D eigenvalue weighted by Gasteiger charge is -2.50. The molecule has 4 N–H and O–H groups in total. The number of methoxy groups -OCH3 is 1. The molecule has 4 fully saturated rings. The van der Waals surface area contributed by atoms with Gasteiger partial charge in [0.1, 0.15) is 17.0 Å². The molecule has 7 heterocycles. The average molecular weight is 845 g/mol. The minimum absolute atomic E-state index is 0.0110. The van der Waals surface area contributed by atoms with Crippen LogP contribution in [0.3, 0.4) is 0 Å². The van der Waals surface area contributed by atoms with Crippen molar-refractivity contribution in [2.24, 2.45) is 11.8 Å². The van der Waals surface area contributed by atoms with Crippen LogP contribution in [0.25, 0.3) is 32.7 Å². The topological polar surface area (TPSA) is 170 Å². The van der Waals surface area contributed by atoms with Gasteiger partial charge in [0.25, 0.3) is 0 Å². The monoisotopic (exact) mass is 844 g/mol. The second-order valence-electron chi connectivity index (χ2n) is 16.0. The van der Waals surface area contributed by atoms with Gasteiger partial charge in [-0.1, -0.05) is 48.5 Å². The predicted octanol–water partition coefficient (Wildman–Crippen LogP) is 6.86. The van der Waals surface area contributed by atoms with Gasteiger partial charge >= 0.3 is 11.9 Å². The Bertz CT molecular complexity index is 2660. The number of piperidine rings is 3. The Morgan fingerprint density at radius 1 is 1.02 bits per heavy atom. The van der Waals surface area contributed by atoms with Crippen molar-refractivity contribution in [2.75, 3.05) is 51.3 Å². The van der Waals surface area contributed by atoms with Crippen LogP contribution in [0.2, 0.25) is 0 Å². The molecule has 14 heteroatoms. The number of aliphatic carboxylic acids is 1. The van der Waals surface area contributed by atoms with Crippen molar-refractivity contribution >= 4 is 50.5 Å². The summed E-state index contributed by atoms with van der Waals surface area (Å²) < 4.78 is 21.1. The third-order valence-electron chi connectivity index (χ3n) is 12.4. The first-order valence-electron chi connectivity index (χ1n) is 21.0. The number of nitrogens with zero attached hydrogens (tertiary/aromatic N) is 5. The molecular weight excluding hydrogens is 792 g/mol. The number of rotatable bonds is 9. The molecule has 1 unspecified atom stereocenters. The number of para-hydroxylation sites is 1. The number of aliphatic hydroxyl groups is 1. The number of carboxylic acid groups (broad SMARTS) is 2. The first-order valence-corrected chi connectivity index (χ1v) is 21.0. The number of halogens is 1. The van der Waals surface area contributed by atoms with Crippen molar-refractivity contribution in [3.8, 4) is 5.75 Å². The standard InChI is InChI=1S/C19H22N2O.C15H17FN4O3.C14H14O3/c1-2-13-12-21-10-8-14(13)11-18(21)19(22)16-7-9-20-17-6-4-3-5-15(16)17;1-2-19-8-10(15(22)23)12(21)9-7-11(16)14(18-13(9)19)20-5-3-17-4-6-20;1-9(14(15)16)10-3-4-12-8-13(17-2)6-5-11(12)7-10/h2-7,9,13-14,18-19,22H,1,8,10-12H2;7-8,17H,2-6H2,1H3,(H,22,23);3-9H,1-2H3,(H,15,16)/t13-,14-,18+,19-;;9-/m0.0/s1. The minimum atomic E-state index is -1.33. The molecule has 3 aromatic heterocycles. The van der Waals surface area contributed by atoms with Crippen LogP contribution >= 0.6 is 0 Å². The van der Waals surface area contributed by atoms with E-state index >= 15 is 0 Å². The lowest BCUT2D eigenvalue weighted by molar-refractivity contribution is -0.138. The number of carbonyl (C=O) groups is 2. The van der Waals surface area contributed by atoms with E-state index < -0.39 is 35.2 Å². The number of carboxylic acids is 2. The molecular formula is C48H53FN6O7. The lowest BCUT2D eigenvalue weighted by Crippen LogP contribution is -2.54. The molecule has 0 saturated carbocycles. The molecule has 4 saturated heterocycles. The summed E-state index contributed by atoms with van der Waals surface area (Å²) in [6, 6.07) is 22.8. The fraction of sp³-hybridized carbons (Fsp3) is 0.354. The normalized spacial score (nSPS) is 20.4. The molecule has 6 aromatic rings. The van der Waals surface area contributed by atoms with Gasteiger partial charge in [0.2, 0.25) is 5.43 Å². The van der Waals surface area contributed by atoms with Crippen molar-refractivity contribution in [2.45, 2.75) is 51.3 Å². The van der Waals surface area contributed by atoms with Gasteiger partial charge in [0.15, 0.2) is 11.6 Å². The molecule has 2 bridgehead atoms. The highest BCUT2D eigenvalue weighted by Gasteiger charge is 2.42. The van der Waals surface area contributed by atoms with Gasteiger partial charge in [0, 0.05) is 63.1 Å². The Labute approximate surface area is 359 Å². The maximum absolute atomic E-state index is 14.4. The van der Waals surface area contributed by atoms with E-state index in [1.165, 1.54) is 12.6 Å². The molecule has 324 valence electrons. The quantitative estimate of drug-likeness (QED) is 0.112.